The third kappa shape index (κ3) is 5.97. The van der Waals surface area contributed by atoms with Gasteiger partial charge in [0.1, 0.15) is 5.60 Å². The molecule has 3 heterocycles. The molecule has 2 aromatic carbocycles. The van der Waals surface area contributed by atoms with E-state index in [1.807, 2.05) is 48.7 Å². The van der Waals surface area contributed by atoms with Crippen molar-refractivity contribution in [2.45, 2.75) is 76.4 Å². The lowest BCUT2D eigenvalue weighted by Gasteiger charge is -2.50. The molecule has 0 radical (unpaired) electrons. The van der Waals surface area contributed by atoms with Gasteiger partial charge in [0.25, 0.3) is 0 Å². The third-order valence-corrected chi connectivity index (χ3v) is 12.3. The molecule has 5 atom stereocenters. The number of rotatable bonds is 9. The van der Waals surface area contributed by atoms with Crippen LogP contribution in [-0.4, -0.2) is 52.5 Å². The number of fused-ring (bicyclic) bond motifs is 1. The van der Waals surface area contributed by atoms with Crippen molar-refractivity contribution in [1.29, 1.82) is 0 Å². The number of thiazole rings is 1. The Morgan fingerprint density at radius 2 is 1.91 bits per heavy atom. The van der Waals surface area contributed by atoms with Crippen molar-refractivity contribution in [3.63, 3.8) is 0 Å². The molecule has 3 aromatic rings. The average Bonchev–Trinajstić information content (AvgIpc) is 3.35. The van der Waals surface area contributed by atoms with E-state index in [0.717, 1.165) is 61.1 Å². The molecule has 0 spiro atoms. The summed E-state index contributed by atoms with van der Waals surface area (Å²) < 4.78 is 17.0. The molecule has 2 aliphatic heterocycles. The molecule has 9 nitrogen and oxygen atoms in total. The van der Waals surface area contributed by atoms with E-state index in [1.54, 1.807) is 0 Å². The summed E-state index contributed by atoms with van der Waals surface area (Å²) in [5.74, 6) is 2.18. The number of nitrogens with one attached hydrogen (secondary N) is 1. The lowest BCUT2D eigenvalue weighted by Crippen LogP contribution is -2.54. The quantitative estimate of drug-likeness (QED) is 0.218. The Balaban J connectivity index is 1.16. The smallest absolute Gasteiger partial charge is 0.454 e. The monoisotopic (exact) mass is 679 g/mol. The van der Waals surface area contributed by atoms with Gasteiger partial charge in [0.05, 0.1) is 11.5 Å². The summed E-state index contributed by atoms with van der Waals surface area (Å²) in [6.45, 7) is 8.20. The highest BCUT2D eigenvalue weighted by molar-refractivity contribution is 7.15. The van der Waals surface area contributed by atoms with Gasteiger partial charge in [-0.3, -0.25) is 9.69 Å². The second-order valence-corrected chi connectivity index (χ2v) is 15.6. The van der Waals surface area contributed by atoms with Crippen molar-refractivity contribution >= 4 is 40.1 Å². The summed E-state index contributed by atoms with van der Waals surface area (Å²) >= 11 is 8.30. The van der Waals surface area contributed by atoms with Gasteiger partial charge in [-0.05, 0) is 79.8 Å². The fraction of sp³-hybridized carbons (Fsp3) is 0.528. The lowest BCUT2D eigenvalue weighted by atomic mass is 9.61. The third-order valence-electron chi connectivity index (χ3n) is 10.9. The van der Waals surface area contributed by atoms with Crippen molar-refractivity contribution in [1.82, 2.24) is 9.88 Å². The minimum absolute atomic E-state index is 0.0438. The van der Waals surface area contributed by atoms with Crippen LogP contribution >= 0.6 is 22.9 Å². The minimum atomic E-state index is -1.19. The number of carboxylic acid groups (broad SMARTS) is 1. The van der Waals surface area contributed by atoms with Crippen LogP contribution in [0.1, 0.15) is 81.3 Å². The van der Waals surface area contributed by atoms with Gasteiger partial charge < -0.3 is 24.6 Å². The van der Waals surface area contributed by atoms with Crippen molar-refractivity contribution in [2.24, 2.45) is 23.7 Å². The highest BCUT2D eigenvalue weighted by atomic mass is 35.5. The first-order valence-corrected chi connectivity index (χ1v) is 17.9. The highest BCUT2D eigenvalue weighted by Crippen LogP contribution is 2.53. The summed E-state index contributed by atoms with van der Waals surface area (Å²) in [7, 11) is 0. The first kappa shape index (κ1) is 32.2. The van der Waals surface area contributed by atoms with Crippen LogP contribution in [0.15, 0.2) is 48.7 Å². The first-order valence-electron chi connectivity index (χ1n) is 16.7. The van der Waals surface area contributed by atoms with E-state index < -0.39 is 17.2 Å². The molecule has 2 aliphatic carbocycles. The summed E-state index contributed by atoms with van der Waals surface area (Å²) in [4.78, 5) is 33.9. The normalized spacial score (nSPS) is 27.0. The number of halogens is 1. The summed E-state index contributed by atoms with van der Waals surface area (Å²) in [6.07, 6.45) is 5.76. The number of benzene rings is 2. The molecule has 250 valence electrons. The van der Waals surface area contributed by atoms with Gasteiger partial charge in [0.15, 0.2) is 16.6 Å². The van der Waals surface area contributed by atoms with E-state index >= 15 is 0 Å². The van der Waals surface area contributed by atoms with Crippen molar-refractivity contribution in [2.75, 3.05) is 25.2 Å². The van der Waals surface area contributed by atoms with E-state index in [0.29, 0.717) is 40.0 Å². The molecule has 2 saturated carbocycles. The van der Waals surface area contributed by atoms with Crippen LogP contribution in [0.5, 0.6) is 11.5 Å². The molecule has 1 saturated heterocycles. The predicted octanol–water partition coefficient (Wildman–Crippen LogP) is 8.13. The zero-order valence-electron chi connectivity index (χ0n) is 27.0. The van der Waals surface area contributed by atoms with Crippen molar-refractivity contribution in [3.8, 4) is 11.5 Å². The number of anilines is 1. The maximum atomic E-state index is 13.7. The van der Waals surface area contributed by atoms with E-state index in [9.17, 15) is 14.7 Å². The van der Waals surface area contributed by atoms with Gasteiger partial charge >= 0.3 is 6.16 Å². The van der Waals surface area contributed by atoms with E-state index in [-0.39, 0.29) is 30.6 Å². The Labute approximate surface area is 284 Å². The Morgan fingerprint density at radius 1 is 1.13 bits per heavy atom. The molecule has 47 heavy (non-hydrogen) atoms. The lowest BCUT2D eigenvalue weighted by molar-refractivity contribution is -0.135. The molecule has 4 aliphatic rings. The summed E-state index contributed by atoms with van der Waals surface area (Å²) in [5.41, 5.74) is 0.528. The predicted molar refractivity (Wildman–Crippen MR) is 180 cm³/mol. The second kappa shape index (κ2) is 12.6. The number of carbonyl (C=O) groups excluding carboxylic acids is 1. The molecule has 1 aromatic heterocycles. The molecular formula is C36H42ClN3O6S. The maximum Gasteiger partial charge on any atom is 0.506 e. The molecule has 1 unspecified atom stereocenters. The largest absolute Gasteiger partial charge is 0.506 e. The van der Waals surface area contributed by atoms with E-state index in [4.69, 9.17) is 25.8 Å². The van der Waals surface area contributed by atoms with Gasteiger partial charge in [0.2, 0.25) is 12.7 Å². The van der Waals surface area contributed by atoms with Crippen LogP contribution in [0.4, 0.5) is 9.93 Å². The highest BCUT2D eigenvalue weighted by Gasteiger charge is 2.55. The Hall–Kier alpha value is -3.34. The fourth-order valence-corrected chi connectivity index (χ4v) is 9.74. The van der Waals surface area contributed by atoms with Crippen LogP contribution in [-0.2, 0) is 14.9 Å². The number of hydrogen-bond acceptors (Lipinski definition) is 8. The Bertz CT molecular complexity index is 1660. The van der Waals surface area contributed by atoms with Gasteiger partial charge in [-0.15, -0.1) is 0 Å². The topological polar surface area (TPSA) is 110 Å². The molecular weight excluding hydrogens is 638 g/mol. The van der Waals surface area contributed by atoms with Crippen LogP contribution in [0.25, 0.3) is 0 Å². The molecule has 7 rings (SSSR count). The molecule has 11 heteroatoms. The number of aromatic nitrogens is 1. The van der Waals surface area contributed by atoms with Gasteiger partial charge in [-0.2, -0.15) is 0 Å². The fourth-order valence-electron chi connectivity index (χ4n) is 8.54. The summed E-state index contributed by atoms with van der Waals surface area (Å²) in [5, 5.41) is 14.3. The van der Waals surface area contributed by atoms with Crippen LogP contribution in [0.2, 0.25) is 5.02 Å². The maximum absolute atomic E-state index is 13.7. The molecule has 2 N–H and O–H groups in total. The number of carbonyl (C=O) groups is 2. The first-order chi connectivity index (χ1) is 22.6. The van der Waals surface area contributed by atoms with Crippen LogP contribution in [0.3, 0.4) is 0 Å². The number of ether oxygens (including phenoxy) is 3. The van der Waals surface area contributed by atoms with Gasteiger partial charge in [-0.1, -0.05) is 74.4 Å². The minimum Gasteiger partial charge on any atom is -0.454 e. The number of hydrogen-bond donors (Lipinski definition) is 2. The molecule has 1 amide bonds. The second-order valence-electron chi connectivity index (χ2n) is 14.1. The average molecular weight is 680 g/mol. The molecule has 0 bridgehead atoms. The van der Waals surface area contributed by atoms with E-state index in [1.165, 1.54) is 11.3 Å². The SMILES string of the molecule is CC(C)[C@H]1CC[C@H](C)C[C@@]1(OC(=O)O)[C@@H]1CCN(C(c2cnc(NC(=O)C3(c4ccc5c(c4)OCO5)CC3)s2)c2ccccc2Cl)C1. The Morgan fingerprint density at radius 3 is 2.66 bits per heavy atom. The molecule has 3 fully saturated rings. The van der Waals surface area contributed by atoms with Gasteiger partial charge in [0, 0.05) is 34.5 Å². The van der Waals surface area contributed by atoms with E-state index in [2.05, 4.69) is 36.0 Å². The van der Waals surface area contributed by atoms with Crippen LogP contribution < -0.4 is 14.8 Å². The number of amides is 1. The number of nitrogens with zero attached hydrogens (tertiary/aromatic N) is 2. The number of likely N-dealkylation sites (tertiary alicyclic amines) is 1. The zero-order valence-corrected chi connectivity index (χ0v) is 28.6. The van der Waals surface area contributed by atoms with Crippen molar-refractivity contribution < 1.29 is 28.9 Å². The van der Waals surface area contributed by atoms with Crippen LogP contribution in [0, 0.1) is 23.7 Å². The zero-order chi connectivity index (χ0) is 32.9. The summed E-state index contributed by atoms with van der Waals surface area (Å²) in [6, 6.07) is 13.4. The van der Waals surface area contributed by atoms with Crippen molar-refractivity contribution in [3.05, 3.63) is 69.7 Å². The van der Waals surface area contributed by atoms with Gasteiger partial charge in [-0.25, -0.2) is 9.78 Å². The standard InChI is InChI=1S/C36H42ClN3O6S/c1-21(2)26-10-8-22(3)17-36(26,46-34(42)43)24-12-15-40(19-24)31(25-6-4-5-7-27(25)37)30-18-38-33(47-30)39-32(41)35(13-14-35)23-9-11-28-29(16-23)45-20-44-28/h4-7,9,11,16,18,21-22,24,26,31H,8,10,12-15,17,19-20H2,1-3H3,(H,42,43)(H,38,39,41)/t22-,24+,26+,31?,36+/m0/s1. The Kier molecular flexibility index (Phi) is 8.64.